The van der Waals surface area contributed by atoms with Crippen LogP contribution in [0.5, 0.6) is 0 Å². The molecule has 0 saturated carbocycles. The number of nitrogens with zero attached hydrogens (tertiary/aromatic N) is 5. The highest BCUT2D eigenvalue weighted by Crippen LogP contribution is 2.31. The molecule has 0 aromatic carbocycles. The molecule has 96 valence electrons. The predicted octanol–water partition coefficient (Wildman–Crippen LogP) is 1.99. The van der Waals surface area contributed by atoms with E-state index in [-0.39, 0.29) is 0 Å². The third-order valence-electron chi connectivity index (χ3n) is 3.85. The Morgan fingerprint density at radius 3 is 2.94 bits per heavy atom. The van der Waals surface area contributed by atoms with Crippen LogP contribution in [0.15, 0.2) is 12.5 Å². The molecule has 1 aliphatic rings. The van der Waals surface area contributed by atoms with Crippen LogP contribution >= 0.6 is 0 Å². The zero-order valence-electron chi connectivity index (χ0n) is 11.2. The first-order valence-corrected chi connectivity index (χ1v) is 6.58. The molecule has 2 aromatic heterocycles. The molecule has 1 saturated heterocycles. The van der Waals surface area contributed by atoms with Crippen LogP contribution in [-0.2, 0) is 7.05 Å². The molecule has 1 atom stereocenters. The minimum Gasteiger partial charge on any atom is -0.353 e. The van der Waals surface area contributed by atoms with Crippen molar-refractivity contribution in [2.75, 3.05) is 11.4 Å². The zero-order valence-corrected chi connectivity index (χ0v) is 11.2. The largest absolute Gasteiger partial charge is 0.353 e. The number of fused-ring (bicyclic) bond motifs is 1. The molecule has 5 heteroatoms. The molecule has 0 amide bonds. The number of aromatic nitrogens is 4. The van der Waals surface area contributed by atoms with Gasteiger partial charge in [-0.25, -0.2) is 9.97 Å². The van der Waals surface area contributed by atoms with Crippen molar-refractivity contribution < 1.29 is 0 Å². The van der Waals surface area contributed by atoms with E-state index in [9.17, 15) is 0 Å². The molecule has 1 fully saturated rings. The molecule has 0 aliphatic carbocycles. The second kappa shape index (κ2) is 4.23. The fourth-order valence-corrected chi connectivity index (χ4v) is 2.93. The van der Waals surface area contributed by atoms with Crippen LogP contribution in [-0.4, -0.2) is 32.3 Å². The van der Waals surface area contributed by atoms with E-state index in [0.717, 1.165) is 23.4 Å². The van der Waals surface area contributed by atoms with Crippen molar-refractivity contribution in [2.24, 2.45) is 13.0 Å². The quantitative estimate of drug-likeness (QED) is 0.811. The lowest BCUT2D eigenvalue weighted by atomic mass is 10.0. The van der Waals surface area contributed by atoms with Crippen LogP contribution in [0.4, 0.5) is 5.82 Å². The molecule has 0 N–H and O–H groups in total. The van der Waals surface area contributed by atoms with E-state index < -0.39 is 0 Å². The van der Waals surface area contributed by atoms with Crippen LogP contribution < -0.4 is 4.90 Å². The summed E-state index contributed by atoms with van der Waals surface area (Å²) >= 11 is 0. The van der Waals surface area contributed by atoms with Crippen LogP contribution in [0.3, 0.4) is 0 Å². The van der Waals surface area contributed by atoms with Gasteiger partial charge in [0.2, 0.25) is 0 Å². The van der Waals surface area contributed by atoms with Gasteiger partial charge in [-0.05, 0) is 18.8 Å². The zero-order chi connectivity index (χ0) is 12.7. The lowest BCUT2D eigenvalue weighted by Gasteiger charge is -2.28. The van der Waals surface area contributed by atoms with E-state index in [1.165, 1.54) is 12.8 Å². The second-order valence-electron chi connectivity index (χ2n) is 5.35. The van der Waals surface area contributed by atoms with Gasteiger partial charge >= 0.3 is 0 Å². The monoisotopic (exact) mass is 245 g/mol. The van der Waals surface area contributed by atoms with Gasteiger partial charge < -0.3 is 4.90 Å². The Balaban J connectivity index is 2.08. The summed E-state index contributed by atoms with van der Waals surface area (Å²) in [6.07, 6.45) is 6.02. The summed E-state index contributed by atoms with van der Waals surface area (Å²) in [6, 6.07) is 0.586. The maximum atomic E-state index is 4.50. The van der Waals surface area contributed by atoms with E-state index in [2.05, 4.69) is 33.8 Å². The number of rotatable bonds is 2. The Morgan fingerprint density at radius 1 is 1.33 bits per heavy atom. The van der Waals surface area contributed by atoms with Gasteiger partial charge in [0.25, 0.3) is 0 Å². The van der Waals surface area contributed by atoms with E-state index in [1.807, 2.05) is 13.2 Å². The van der Waals surface area contributed by atoms with Gasteiger partial charge in [0.05, 0.1) is 11.6 Å². The molecule has 0 radical (unpaired) electrons. The summed E-state index contributed by atoms with van der Waals surface area (Å²) in [6.45, 7) is 5.65. The highest BCUT2D eigenvalue weighted by atomic mass is 15.3. The summed E-state index contributed by atoms with van der Waals surface area (Å²) in [5, 5.41) is 5.35. The first kappa shape index (κ1) is 11.4. The molecular formula is C13H19N5. The average molecular weight is 245 g/mol. The van der Waals surface area contributed by atoms with Gasteiger partial charge in [-0.1, -0.05) is 13.8 Å². The van der Waals surface area contributed by atoms with Crippen molar-refractivity contribution >= 4 is 16.9 Å². The van der Waals surface area contributed by atoms with Crippen molar-refractivity contribution in [2.45, 2.75) is 32.7 Å². The van der Waals surface area contributed by atoms with Crippen LogP contribution in [0.1, 0.15) is 26.7 Å². The maximum absolute atomic E-state index is 4.50. The van der Waals surface area contributed by atoms with E-state index in [1.54, 1.807) is 11.0 Å². The SMILES string of the molecule is CC(C)C1CCCN1c1ncnc2c1cnn2C. The topological polar surface area (TPSA) is 46.8 Å². The van der Waals surface area contributed by atoms with Crippen molar-refractivity contribution in [1.82, 2.24) is 19.7 Å². The Labute approximate surface area is 107 Å². The summed E-state index contributed by atoms with van der Waals surface area (Å²) in [5.41, 5.74) is 0.911. The third-order valence-corrected chi connectivity index (χ3v) is 3.85. The number of anilines is 1. The van der Waals surface area contributed by atoms with Crippen molar-refractivity contribution in [1.29, 1.82) is 0 Å². The predicted molar refractivity (Wildman–Crippen MR) is 71.5 cm³/mol. The minimum atomic E-state index is 0.586. The Hall–Kier alpha value is -1.65. The Bertz CT molecular complexity index is 560. The minimum absolute atomic E-state index is 0.586. The van der Waals surface area contributed by atoms with Crippen LogP contribution in [0, 0.1) is 5.92 Å². The summed E-state index contributed by atoms with van der Waals surface area (Å²) in [7, 11) is 1.92. The van der Waals surface area contributed by atoms with Crippen molar-refractivity contribution in [3.05, 3.63) is 12.5 Å². The van der Waals surface area contributed by atoms with Gasteiger partial charge in [0, 0.05) is 19.6 Å². The fourth-order valence-electron chi connectivity index (χ4n) is 2.93. The smallest absolute Gasteiger partial charge is 0.163 e. The number of hydrogen-bond acceptors (Lipinski definition) is 4. The Kier molecular flexibility index (Phi) is 2.69. The standard InChI is InChI=1S/C13H19N5/c1-9(2)11-5-4-6-18(11)13-10-7-16-17(3)12(10)14-8-15-13/h7-9,11H,4-6H2,1-3H3. The molecular weight excluding hydrogens is 226 g/mol. The van der Waals surface area contributed by atoms with Crippen LogP contribution in [0.2, 0.25) is 0 Å². The normalized spacial score (nSPS) is 20.2. The molecule has 18 heavy (non-hydrogen) atoms. The molecule has 5 nitrogen and oxygen atoms in total. The van der Waals surface area contributed by atoms with Gasteiger partial charge in [-0.2, -0.15) is 5.10 Å². The molecule has 1 aliphatic heterocycles. The average Bonchev–Trinajstić information content (AvgIpc) is 2.96. The second-order valence-corrected chi connectivity index (χ2v) is 5.35. The van der Waals surface area contributed by atoms with Crippen LogP contribution in [0.25, 0.3) is 11.0 Å². The van der Waals surface area contributed by atoms with E-state index in [0.29, 0.717) is 12.0 Å². The van der Waals surface area contributed by atoms with Crippen molar-refractivity contribution in [3.8, 4) is 0 Å². The van der Waals surface area contributed by atoms with Gasteiger partial charge in [-0.15, -0.1) is 0 Å². The molecule has 3 heterocycles. The third kappa shape index (κ3) is 1.65. The molecule has 0 bridgehead atoms. The fraction of sp³-hybridized carbons (Fsp3) is 0.615. The first-order valence-electron chi connectivity index (χ1n) is 6.58. The van der Waals surface area contributed by atoms with E-state index in [4.69, 9.17) is 0 Å². The highest BCUT2D eigenvalue weighted by Gasteiger charge is 2.29. The maximum Gasteiger partial charge on any atom is 0.163 e. The molecule has 3 rings (SSSR count). The summed E-state index contributed by atoms with van der Waals surface area (Å²) in [5.74, 6) is 1.69. The number of aryl methyl sites for hydroxylation is 1. The van der Waals surface area contributed by atoms with Gasteiger partial charge in [0.15, 0.2) is 5.65 Å². The summed E-state index contributed by atoms with van der Waals surface area (Å²) in [4.78, 5) is 11.2. The van der Waals surface area contributed by atoms with E-state index >= 15 is 0 Å². The molecule has 1 unspecified atom stereocenters. The first-order chi connectivity index (χ1) is 8.68. The lowest BCUT2D eigenvalue weighted by molar-refractivity contribution is 0.490. The van der Waals surface area contributed by atoms with Crippen molar-refractivity contribution in [3.63, 3.8) is 0 Å². The van der Waals surface area contributed by atoms with Gasteiger partial charge in [-0.3, -0.25) is 4.68 Å². The Morgan fingerprint density at radius 2 is 2.17 bits per heavy atom. The number of hydrogen-bond donors (Lipinski definition) is 0. The summed E-state index contributed by atoms with van der Waals surface area (Å²) < 4.78 is 1.81. The van der Waals surface area contributed by atoms with Gasteiger partial charge in [0.1, 0.15) is 12.1 Å². The molecule has 2 aromatic rings. The highest BCUT2D eigenvalue weighted by molar-refractivity contribution is 5.86. The lowest BCUT2D eigenvalue weighted by Crippen LogP contribution is -2.34. The molecule has 0 spiro atoms.